The summed E-state index contributed by atoms with van der Waals surface area (Å²) in [4.78, 5) is 18.1. The number of sulfonamides is 1. The standard InChI is InChI=1S/C22H26N4O3S/c1-17(16-26(22(27)14-23)12-10-18-5-3-2-4-6-18)25-30(28,29)21-8-7-20-15-24-11-9-19(20)13-21/h2-9,11,13,15,17,25H,10,12,14,16,23H2,1H3. The van der Waals surface area contributed by atoms with Crippen molar-refractivity contribution in [3.63, 3.8) is 0 Å². The van der Waals surface area contributed by atoms with Crippen LogP contribution in [0.25, 0.3) is 10.8 Å². The van der Waals surface area contributed by atoms with Crippen LogP contribution in [0.5, 0.6) is 0 Å². The number of benzene rings is 2. The van der Waals surface area contributed by atoms with Gasteiger partial charge in [-0.1, -0.05) is 36.4 Å². The van der Waals surface area contributed by atoms with Gasteiger partial charge in [0.1, 0.15) is 0 Å². The number of hydrogen-bond donors (Lipinski definition) is 2. The van der Waals surface area contributed by atoms with E-state index in [0.717, 1.165) is 16.3 Å². The topological polar surface area (TPSA) is 105 Å². The van der Waals surface area contributed by atoms with Crippen molar-refractivity contribution in [3.8, 4) is 0 Å². The second-order valence-electron chi connectivity index (χ2n) is 7.19. The third kappa shape index (κ3) is 5.63. The van der Waals surface area contributed by atoms with Gasteiger partial charge >= 0.3 is 0 Å². The lowest BCUT2D eigenvalue weighted by molar-refractivity contribution is -0.129. The number of aromatic nitrogens is 1. The Balaban J connectivity index is 1.68. The second kappa shape index (κ2) is 9.80. The molecular formula is C22H26N4O3S. The lowest BCUT2D eigenvalue weighted by atomic mass is 10.1. The van der Waals surface area contributed by atoms with Crippen LogP contribution < -0.4 is 10.5 Å². The van der Waals surface area contributed by atoms with Gasteiger partial charge in [-0.25, -0.2) is 13.1 Å². The number of carbonyl (C=O) groups excluding carboxylic acids is 1. The molecule has 158 valence electrons. The van der Waals surface area contributed by atoms with E-state index in [1.54, 1.807) is 48.5 Å². The molecule has 1 atom stereocenters. The molecule has 0 aliphatic heterocycles. The molecule has 0 saturated heterocycles. The summed E-state index contributed by atoms with van der Waals surface area (Å²) in [6.45, 7) is 2.32. The molecule has 30 heavy (non-hydrogen) atoms. The quantitative estimate of drug-likeness (QED) is 0.544. The maximum atomic E-state index is 12.8. The Kier molecular flexibility index (Phi) is 7.15. The van der Waals surface area contributed by atoms with Crippen LogP contribution in [0.15, 0.2) is 71.9 Å². The van der Waals surface area contributed by atoms with Gasteiger partial charge in [-0.05, 0) is 42.5 Å². The third-order valence-corrected chi connectivity index (χ3v) is 6.40. The van der Waals surface area contributed by atoms with Gasteiger partial charge in [0.25, 0.3) is 0 Å². The number of hydrogen-bond acceptors (Lipinski definition) is 5. The minimum Gasteiger partial charge on any atom is -0.340 e. The molecular weight excluding hydrogens is 400 g/mol. The van der Waals surface area contributed by atoms with Crippen molar-refractivity contribution in [1.82, 2.24) is 14.6 Å². The molecule has 3 rings (SSSR count). The zero-order valence-corrected chi connectivity index (χ0v) is 17.7. The van der Waals surface area contributed by atoms with Crippen molar-refractivity contribution >= 4 is 26.7 Å². The molecule has 1 heterocycles. The normalized spacial score (nSPS) is 12.6. The third-order valence-electron chi connectivity index (χ3n) is 4.81. The fourth-order valence-corrected chi connectivity index (χ4v) is 4.55. The Morgan fingerprint density at radius 2 is 1.90 bits per heavy atom. The average molecular weight is 427 g/mol. The molecule has 0 aliphatic rings. The fourth-order valence-electron chi connectivity index (χ4n) is 3.28. The summed E-state index contributed by atoms with van der Waals surface area (Å²) in [5.41, 5.74) is 6.66. The lowest BCUT2D eigenvalue weighted by Gasteiger charge is -2.26. The van der Waals surface area contributed by atoms with Gasteiger partial charge in [-0.15, -0.1) is 0 Å². The maximum Gasteiger partial charge on any atom is 0.240 e. The molecule has 0 radical (unpaired) electrons. The summed E-state index contributed by atoms with van der Waals surface area (Å²) >= 11 is 0. The van der Waals surface area contributed by atoms with E-state index < -0.39 is 16.1 Å². The van der Waals surface area contributed by atoms with E-state index >= 15 is 0 Å². The van der Waals surface area contributed by atoms with Gasteiger partial charge in [0.05, 0.1) is 11.4 Å². The molecule has 0 spiro atoms. The summed E-state index contributed by atoms with van der Waals surface area (Å²) in [5, 5.41) is 1.66. The first-order valence-corrected chi connectivity index (χ1v) is 11.3. The fraction of sp³-hybridized carbons (Fsp3) is 0.273. The SMILES string of the molecule is CC(CN(CCc1ccccc1)C(=O)CN)NS(=O)(=O)c1ccc2cnccc2c1. The first-order chi connectivity index (χ1) is 14.4. The molecule has 7 nitrogen and oxygen atoms in total. The number of fused-ring (bicyclic) bond motifs is 1. The summed E-state index contributed by atoms with van der Waals surface area (Å²) in [6.07, 6.45) is 3.98. The Morgan fingerprint density at radius 1 is 1.13 bits per heavy atom. The highest BCUT2D eigenvalue weighted by Gasteiger charge is 2.21. The average Bonchev–Trinajstić information content (AvgIpc) is 2.76. The van der Waals surface area contributed by atoms with E-state index in [1.165, 1.54) is 0 Å². The molecule has 1 amide bonds. The van der Waals surface area contributed by atoms with Crippen molar-refractivity contribution in [2.45, 2.75) is 24.3 Å². The monoisotopic (exact) mass is 426 g/mol. The van der Waals surface area contributed by atoms with Crippen LogP contribution in [-0.4, -0.2) is 49.9 Å². The largest absolute Gasteiger partial charge is 0.340 e. The summed E-state index contributed by atoms with van der Waals surface area (Å²) in [6, 6.07) is 16.0. The van der Waals surface area contributed by atoms with Gasteiger partial charge in [0.15, 0.2) is 0 Å². The minimum absolute atomic E-state index is 0.118. The van der Waals surface area contributed by atoms with Crippen LogP contribution in [0.2, 0.25) is 0 Å². The molecule has 3 aromatic rings. The first kappa shape index (κ1) is 21.9. The predicted molar refractivity (Wildman–Crippen MR) is 117 cm³/mol. The molecule has 1 unspecified atom stereocenters. The molecule has 0 fully saturated rings. The summed E-state index contributed by atoms with van der Waals surface area (Å²) in [7, 11) is -3.74. The number of nitrogens with zero attached hydrogens (tertiary/aromatic N) is 2. The van der Waals surface area contributed by atoms with Crippen LogP contribution in [0, 0.1) is 0 Å². The lowest BCUT2D eigenvalue weighted by Crippen LogP contribution is -2.46. The number of nitrogens with one attached hydrogen (secondary N) is 1. The molecule has 3 N–H and O–H groups in total. The van der Waals surface area contributed by atoms with Crippen molar-refractivity contribution in [2.75, 3.05) is 19.6 Å². The van der Waals surface area contributed by atoms with Crippen molar-refractivity contribution in [2.24, 2.45) is 5.73 Å². The molecule has 0 aliphatic carbocycles. The first-order valence-electron chi connectivity index (χ1n) is 9.77. The molecule has 1 aromatic heterocycles. The predicted octanol–water partition coefficient (Wildman–Crippen LogP) is 1.93. The second-order valence-corrected chi connectivity index (χ2v) is 8.90. The van der Waals surface area contributed by atoms with Gasteiger partial charge < -0.3 is 10.6 Å². The van der Waals surface area contributed by atoms with Crippen LogP contribution in [0.3, 0.4) is 0 Å². The van der Waals surface area contributed by atoms with E-state index in [1.807, 2.05) is 30.3 Å². The number of carbonyl (C=O) groups is 1. The Bertz CT molecular complexity index is 1100. The van der Waals surface area contributed by atoms with E-state index in [4.69, 9.17) is 5.73 Å². The molecule has 8 heteroatoms. The number of nitrogens with two attached hydrogens (primary N) is 1. The highest BCUT2D eigenvalue weighted by molar-refractivity contribution is 7.89. The van der Waals surface area contributed by atoms with E-state index in [-0.39, 0.29) is 23.9 Å². The highest BCUT2D eigenvalue weighted by Crippen LogP contribution is 2.18. The number of rotatable bonds is 9. The van der Waals surface area contributed by atoms with E-state index in [2.05, 4.69) is 9.71 Å². The van der Waals surface area contributed by atoms with E-state index in [9.17, 15) is 13.2 Å². The van der Waals surface area contributed by atoms with Crippen molar-refractivity contribution < 1.29 is 13.2 Å². The molecule has 0 saturated carbocycles. The molecule has 0 bridgehead atoms. The van der Waals surface area contributed by atoms with E-state index in [0.29, 0.717) is 13.0 Å². The summed E-state index contributed by atoms with van der Waals surface area (Å²) in [5.74, 6) is -0.213. The van der Waals surface area contributed by atoms with Crippen molar-refractivity contribution in [3.05, 3.63) is 72.6 Å². The zero-order valence-electron chi connectivity index (χ0n) is 16.9. The van der Waals surface area contributed by atoms with Crippen LogP contribution in [0.1, 0.15) is 12.5 Å². The highest BCUT2D eigenvalue weighted by atomic mass is 32.2. The number of amides is 1. The van der Waals surface area contributed by atoms with Gasteiger partial charge in [-0.3, -0.25) is 9.78 Å². The Hall–Kier alpha value is -2.81. The van der Waals surface area contributed by atoms with Crippen LogP contribution >= 0.6 is 0 Å². The molecule has 2 aromatic carbocycles. The van der Waals surface area contributed by atoms with Crippen LogP contribution in [0.4, 0.5) is 0 Å². The van der Waals surface area contributed by atoms with Crippen LogP contribution in [-0.2, 0) is 21.2 Å². The van der Waals surface area contributed by atoms with Crippen molar-refractivity contribution in [1.29, 1.82) is 0 Å². The van der Waals surface area contributed by atoms with Gasteiger partial charge in [0.2, 0.25) is 15.9 Å². The van der Waals surface area contributed by atoms with Gasteiger partial charge in [0, 0.05) is 36.9 Å². The Morgan fingerprint density at radius 3 is 2.63 bits per heavy atom. The minimum atomic E-state index is -3.74. The maximum absolute atomic E-state index is 12.8. The van der Waals surface area contributed by atoms with Gasteiger partial charge in [-0.2, -0.15) is 0 Å². The Labute approximate surface area is 177 Å². The summed E-state index contributed by atoms with van der Waals surface area (Å²) < 4.78 is 28.3. The number of pyridine rings is 1. The zero-order chi connectivity index (χ0) is 21.6. The smallest absolute Gasteiger partial charge is 0.240 e.